The van der Waals surface area contributed by atoms with Gasteiger partial charge < -0.3 is 9.47 Å². The maximum absolute atomic E-state index is 13.1. The van der Waals surface area contributed by atoms with E-state index in [0.29, 0.717) is 29.4 Å². The second-order valence-corrected chi connectivity index (χ2v) is 9.42. The summed E-state index contributed by atoms with van der Waals surface area (Å²) in [6.45, 7) is 0.336. The molecule has 8 heteroatoms. The Bertz CT molecular complexity index is 1560. The van der Waals surface area contributed by atoms with Crippen LogP contribution in [0.25, 0.3) is 16.8 Å². The van der Waals surface area contributed by atoms with Crippen LogP contribution in [0.1, 0.15) is 11.1 Å². The van der Waals surface area contributed by atoms with E-state index in [9.17, 15) is 14.4 Å². The molecule has 1 saturated heterocycles. The number of fused-ring (bicyclic) bond motifs is 1. The topological polar surface area (TPSA) is 84.9 Å². The molecular formula is C29H21IN2O5. The third-order valence-corrected chi connectivity index (χ3v) is 6.73. The van der Waals surface area contributed by atoms with Crippen molar-refractivity contribution >= 4 is 63.0 Å². The minimum absolute atomic E-state index is 0.161. The summed E-state index contributed by atoms with van der Waals surface area (Å²) in [7, 11) is 1.53. The molecule has 1 aliphatic heterocycles. The number of rotatable bonds is 6. The molecule has 0 spiro atoms. The largest absolute Gasteiger partial charge is 0.493 e. The van der Waals surface area contributed by atoms with Gasteiger partial charge in [0.15, 0.2) is 11.5 Å². The monoisotopic (exact) mass is 604 g/mol. The predicted octanol–water partition coefficient (Wildman–Crippen LogP) is 5.70. The van der Waals surface area contributed by atoms with Gasteiger partial charge in [-0.25, -0.2) is 9.69 Å². The van der Waals surface area contributed by atoms with E-state index in [0.717, 1.165) is 24.8 Å². The van der Waals surface area contributed by atoms with Gasteiger partial charge in [-0.15, -0.1) is 0 Å². The van der Waals surface area contributed by atoms with Crippen molar-refractivity contribution in [1.82, 2.24) is 5.32 Å². The van der Waals surface area contributed by atoms with E-state index in [-0.39, 0.29) is 5.57 Å². The average Bonchev–Trinajstić information content (AvgIpc) is 2.90. The molecule has 1 fully saturated rings. The predicted molar refractivity (Wildman–Crippen MR) is 149 cm³/mol. The van der Waals surface area contributed by atoms with E-state index in [2.05, 4.69) is 46.1 Å². The van der Waals surface area contributed by atoms with Crippen molar-refractivity contribution in [1.29, 1.82) is 0 Å². The summed E-state index contributed by atoms with van der Waals surface area (Å²) in [5.41, 5.74) is 1.80. The van der Waals surface area contributed by atoms with Gasteiger partial charge in [0.25, 0.3) is 11.8 Å². The number of imide groups is 2. The Balaban J connectivity index is 1.44. The summed E-state index contributed by atoms with van der Waals surface area (Å²) >= 11 is 2.13. The maximum Gasteiger partial charge on any atom is 0.335 e. The molecule has 0 radical (unpaired) electrons. The van der Waals surface area contributed by atoms with Gasteiger partial charge in [-0.3, -0.25) is 14.9 Å². The van der Waals surface area contributed by atoms with Crippen LogP contribution in [0.2, 0.25) is 0 Å². The third-order valence-electron chi connectivity index (χ3n) is 5.93. The molecule has 1 heterocycles. The number of anilines is 1. The number of benzene rings is 4. The molecule has 7 nitrogen and oxygen atoms in total. The van der Waals surface area contributed by atoms with E-state index < -0.39 is 17.8 Å². The van der Waals surface area contributed by atoms with Crippen LogP contribution in [-0.2, 0) is 16.2 Å². The van der Waals surface area contributed by atoms with Crippen molar-refractivity contribution < 1.29 is 23.9 Å². The second kappa shape index (κ2) is 10.4. The number of ether oxygens (including phenoxy) is 2. The number of amides is 4. The molecule has 1 N–H and O–H groups in total. The van der Waals surface area contributed by atoms with Crippen LogP contribution in [0.3, 0.4) is 0 Å². The Labute approximate surface area is 226 Å². The molecule has 0 atom stereocenters. The highest BCUT2D eigenvalue weighted by atomic mass is 127. The van der Waals surface area contributed by atoms with Crippen molar-refractivity contribution in [3.63, 3.8) is 0 Å². The molecule has 5 rings (SSSR count). The first-order valence-corrected chi connectivity index (χ1v) is 12.5. The molecular weight excluding hydrogens is 583 g/mol. The molecule has 0 unspecified atom stereocenters. The highest BCUT2D eigenvalue weighted by Gasteiger charge is 2.36. The van der Waals surface area contributed by atoms with Gasteiger partial charge in [0.2, 0.25) is 0 Å². The molecule has 37 heavy (non-hydrogen) atoms. The molecule has 1 aliphatic rings. The normalized spacial score (nSPS) is 14.7. The molecule has 4 aromatic carbocycles. The van der Waals surface area contributed by atoms with E-state index in [1.165, 1.54) is 13.2 Å². The van der Waals surface area contributed by atoms with Gasteiger partial charge in [0.1, 0.15) is 12.2 Å². The van der Waals surface area contributed by atoms with E-state index in [1.807, 2.05) is 24.3 Å². The number of hydrogen-bond acceptors (Lipinski definition) is 5. The molecule has 0 aliphatic carbocycles. The summed E-state index contributed by atoms with van der Waals surface area (Å²) < 4.78 is 12.5. The lowest BCUT2D eigenvalue weighted by atomic mass is 10.1. The number of nitrogens with one attached hydrogen (secondary N) is 1. The summed E-state index contributed by atoms with van der Waals surface area (Å²) in [5.74, 6) is -0.449. The molecule has 0 saturated carbocycles. The van der Waals surface area contributed by atoms with Gasteiger partial charge in [-0.2, -0.15) is 0 Å². The van der Waals surface area contributed by atoms with Gasteiger partial charge in [-0.1, -0.05) is 60.7 Å². The van der Waals surface area contributed by atoms with Gasteiger partial charge >= 0.3 is 6.03 Å². The number of urea groups is 1. The molecule has 4 amide bonds. The number of para-hydroxylation sites is 1. The SMILES string of the molecule is COc1cc(/C=C2\C(=O)NC(=O)N(c3ccccc3)C2=O)cc(I)c1OCc1cccc2ccccc12. The average molecular weight is 604 g/mol. The van der Waals surface area contributed by atoms with Gasteiger partial charge in [-0.05, 0) is 74.8 Å². The number of nitrogens with zero attached hydrogens (tertiary/aromatic N) is 1. The van der Waals surface area contributed by atoms with Crippen molar-refractivity contribution in [2.45, 2.75) is 6.61 Å². The number of halogens is 1. The van der Waals surface area contributed by atoms with Crippen LogP contribution in [0.5, 0.6) is 11.5 Å². The van der Waals surface area contributed by atoms with E-state index in [1.54, 1.807) is 42.5 Å². The first-order valence-electron chi connectivity index (χ1n) is 11.4. The number of carbonyl (C=O) groups excluding carboxylic acids is 3. The van der Waals surface area contributed by atoms with E-state index >= 15 is 0 Å². The zero-order valence-corrected chi connectivity index (χ0v) is 21.9. The van der Waals surface area contributed by atoms with Crippen LogP contribution in [0, 0.1) is 3.57 Å². The van der Waals surface area contributed by atoms with Gasteiger partial charge in [0, 0.05) is 0 Å². The minimum Gasteiger partial charge on any atom is -0.493 e. The Kier molecular flexibility index (Phi) is 6.91. The Morgan fingerprint density at radius 3 is 2.43 bits per heavy atom. The molecule has 0 bridgehead atoms. The van der Waals surface area contributed by atoms with E-state index in [4.69, 9.17) is 9.47 Å². The Hall–Kier alpha value is -4.18. The summed E-state index contributed by atoms with van der Waals surface area (Å²) in [6.07, 6.45) is 1.44. The summed E-state index contributed by atoms with van der Waals surface area (Å²) in [4.78, 5) is 39.0. The minimum atomic E-state index is -0.789. The Morgan fingerprint density at radius 2 is 1.65 bits per heavy atom. The highest BCUT2D eigenvalue weighted by Crippen LogP contribution is 2.36. The van der Waals surface area contributed by atoms with Crippen LogP contribution in [-0.4, -0.2) is 25.0 Å². The van der Waals surface area contributed by atoms with Crippen molar-refractivity contribution in [2.24, 2.45) is 0 Å². The number of barbiturate groups is 1. The molecule has 184 valence electrons. The zero-order chi connectivity index (χ0) is 25.9. The fraction of sp³-hybridized carbons (Fsp3) is 0.0690. The second-order valence-electron chi connectivity index (χ2n) is 8.25. The number of methoxy groups -OCH3 is 1. The standard InChI is InChI=1S/C29H21IN2O5/c1-36-25-16-18(14-23-27(33)31-29(35)32(28(23)34)21-11-3-2-4-12-21)15-24(30)26(25)37-17-20-10-7-9-19-8-5-6-13-22(19)20/h2-16H,17H2,1H3,(H,31,33,35)/b23-14+. The first kappa shape index (κ1) is 24.5. The smallest absolute Gasteiger partial charge is 0.335 e. The Morgan fingerprint density at radius 1 is 0.919 bits per heavy atom. The lowest BCUT2D eigenvalue weighted by Crippen LogP contribution is -2.54. The van der Waals surface area contributed by atoms with Gasteiger partial charge in [0.05, 0.1) is 16.4 Å². The number of hydrogen-bond donors (Lipinski definition) is 1. The van der Waals surface area contributed by atoms with Crippen LogP contribution >= 0.6 is 22.6 Å². The zero-order valence-electron chi connectivity index (χ0n) is 19.7. The highest BCUT2D eigenvalue weighted by molar-refractivity contribution is 14.1. The maximum atomic E-state index is 13.1. The number of carbonyl (C=O) groups is 3. The lowest BCUT2D eigenvalue weighted by Gasteiger charge is -2.26. The lowest BCUT2D eigenvalue weighted by molar-refractivity contribution is -0.122. The summed E-state index contributed by atoms with van der Waals surface area (Å²) in [6, 6.07) is 25.3. The van der Waals surface area contributed by atoms with Crippen molar-refractivity contribution in [2.75, 3.05) is 12.0 Å². The molecule has 0 aromatic heterocycles. The molecule has 4 aromatic rings. The fourth-order valence-electron chi connectivity index (χ4n) is 4.17. The third kappa shape index (κ3) is 4.92. The van der Waals surface area contributed by atoms with Crippen LogP contribution in [0.4, 0.5) is 10.5 Å². The summed E-state index contributed by atoms with van der Waals surface area (Å²) in [5, 5.41) is 4.48. The van der Waals surface area contributed by atoms with Crippen molar-refractivity contribution in [3.05, 3.63) is 105 Å². The first-order chi connectivity index (χ1) is 18.0. The van der Waals surface area contributed by atoms with Crippen LogP contribution in [0.15, 0.2) is 90.5 Å². The quantitative estimate of drug-likeness (QED) is 0.174. The van der Waals surface area contributed by atoms with Crippen molar-refractivity contribution in [3.8, 4) is 11.5 Å². The fourth-order valence-corrected chi connectivity index (χ4v) is 4.95. The van der Waals surface area contributed by atoms with Crippen LogP contribution < -0.4 is 19.7 Å².